The standard InChI is InChI=1S/C13H19IN2O/c1-3-5-10(2)16-13(17)9-15-12-7-4-6-11(14)8-12/h4,6-8,10,15H,3,5,9H2,1-2H3,(H,16,17). The average molecular weight is 346 g/mol. The summed E-state index contributed by atoms with van der Waals surface area (Å²) in [5.41, 5.74) is 0.982. The van der Waals surface area contributed by atoms with Gasteiger partial charge in [0.2, 0.25) is 5.91 Å². The fraction of sp³-hybridized carbons (Fsp3) is 0.462. The van der Waals surface area contributed by atoms with Gasteiger partial charge in [0.15, 0.2) is 0 Å². The molecule has 1 atom stereocenters. The molecule has 3 nitrogen and oxygen atoms in total. The zero-order chi connectivity index (χ0) is 12.7. The highest BCUT2D eigenvalue weighted by Gasteiger charge is 2.05. The Hall–Kier alpha value is -0.780. The monoisotopic (exact) mass is 346 g/mol. The molecule has 2 N–H and O–H groups in total. The van der Waals surface area contributed by atoms with E-state index in [9.17, 15) is 4.79 Å². The summed E-state index contributed by atoms with van der Waals surface area (Å²) in [4.78, 5) is 11.6. The molecule has 0 aliphatic heterocycles. The molecule has 1 aromatic carbocycles. The lowest BCUT2D eigenvalue weighted by atomic mass is 10.2. The van der Waals surface area contributed by atoms with Crippen LogP contribution in [-0.4, -0.2) is 18.5 Å². The summed E-state index contributed by atoms with van der Waals surface area (Å²) in [6, 6.07) is 8.23. The Balaban J connectivity index is 2.33. The highest BCUT2D eigenvalue weighted by molar-refractivity contribution is 14.1. The van der Waals surface area contributed by atoms with Crippen LogP contribution in [0.3, 0.4) is 0 Å². The molecule has 0 saturated carbocycles. The predicted molar refractivity (Wildman–Crippen MR) is 80.2 cm³/mol. The first-order valence-electron chi connectivity index (χ1n) is 5.90. The fourth-order valence-electron chi connectivity index (χ4n) is 1.61. The molecule has 1 amide bonds. The van der Waals surface area contributed by atoms with Crippen LogP contribution >= 0.6 is 22.6 Å². The number of halogens is 1. The zero-order valence-corrected chi connectivity index (χ0v) is 12.5. The fourth-order valence-corrected chi connectivity index (χ4v) is 2.15. The molecule has 0 saturated heterocycles. The van der Waals surface area contributed by atoms with Crippen LogP contribution in [0.25, 0.3) is 0 Å². The lowest BCUT2D eigenvalue weighted by Crippen LogP contribution is -2.36. The molecule has 0 spiro atoms. The van der Waals surface area contributed by atoms with E-state index in [0.29, 0.717) is 6.54 Å². The van der Waals surface area contributed by atoms with Crippen molar-refractivity contribution in [2.45, 2.75) is 32.7 Å². The predicted octanol–water partition coefficient (Wildman–Crippen LogP) is 3.01. The Bertz CT molecular complexity index is 368. The number of carbonyl (C=O) groups is 1. The van der Waals surface area contributed by atoms with E-state index < -0.39 is 0 Å². The summed E-state index contributed by atoms with van der Waals surface area (Å²) in [7, 11) is 0. The first kappa shape index (κ1) is 14.3. The molecular formula is C13H19IN2O. The van der Waals surface area contributed by atoms with Gasteiger partial charge in [0, 0.05) is 15.3 Å². The summed E-state index contributed by atoms with van der Waals surface area (Å²) >= 11 is 2.25. The third kappa shape index (κ3) is 5.91. The van der Waals surface area contributed by atoms with E-state index in [1.165, 1.54) is 0 Å². The van der Waals surface area contributed by atoms with Gasteiger partial charge < -0.3 is 10.6 Å². The number of carbonyl (C=O) groups excluding carboxylic acids is 1. The number of nitrogens with one attached hydrogen (secondary N) is 2. The number of anilines is 1. The van der Waals surface area contributed by atoms with Crippen LogP contribution in [0.5, 0.6) is 0 Å². The van der Waals surface area contributed by atoms with Crippen LogP contribution in [-0.2, 0) is 4.79 Å². The Labute approximate surface area is 117 Å². The normalized spacial score (nSPS) is 11.9. The molecule has 1 aromatic rings. The smallest absolute Gasteiger partial charge is 0.239 e. The van der Waals surface area contributed by atoms with Crippen molar-refractivity contribution in [1.29, 1.82) is 0 Å². The van der Waals surface area contributed by atoms with Crippen molar-refractivity contribution >= 4 is 34.2 Å². The van der Waals surface area contributed by atoms with Crippen molar-refractivity contribution in [2.75, 3.05) is 11.9 Å². The maximum atomic E-state index is 11.6. The van der Waals surface area contributed by atoms with E-state index in [1.54, 1.807) is 0 Å². The van der Waals surface area contributed by atoms with Crippen molar-refractivity contribution in [3.8, 4) is 0 Å². The van der Waals surface area contributed by atoms with Crippen LogP contribution in [0.1, 0.15) is 26.7 Å². The molecule has 4 heteroatoms. The minimum atomic E-state index is 0.0461. The van der Waals surface area contributed by atoms with Gasteiger partial charge in [0.1, 0.15) is 0 Å². The van der Waals surface area contributed by atoms with Crippen LogP contribution in [0, 0.1) is 3.57 Å². The quantitative estimate of drug-likeness (QED) is 0.778. The van der Waals surface area contributed by atoms with E-state index in [1.807, 2.05) is 31.2 Å². The van der Waals surface area contributed by atoms with Crippen molar-refractivity contribution in [3.05, 3.63) is 27.8 Å². The zero-order valence-electron chi connectivity index (χ0n) is 10.3. The molecule has 94 valence electrons. The third-order valence-electron chi connectivity index (χ3n) is 2.41. The summed E-state index contributed by atoms with van der Waals surface area (Å²) < 4.78 is 1.16. The molecule has 17 heavy (non-hydrogen) atoms. The van der Waals surface area contributed by atoms with Gasteiger partial charge in [-0.2, -0.15) is 0 Å². The molecule has 0 bridgehead atoms. The molecule has 0 aliphatic rings. The molecular weight excluding hydrogens is 327 g/mol. The Morgan fingerprint density at radius 3 is 2.88 bits per heavy atom. The van der Waals surface area contributed by atoms with Crippen LogP contribution < -0.4 is 10.6 Å². The van der Waals surface area contributed by atoms with E-state index >= 15 is 0 Å². The van der Waals surface area contributed by atoms with E-state index in [-0.39, 0.29) is 11.9 Å². The Morgan fingerprint density at radius 1 is 1.47 bits per heavy atom. The molecule has 1 rings (SSSR count). The average Bonchev–Trinajstić information content (AvgIpc) is 2.27. The van der Waals surface area contributed by atoms with Crippen molar-refractivity contribution < 1.29 is 4.79 Å². The van der Waals surface area contributed by atoms with Gasteiger partial charge >= 0.3 is 0 Å². The number of hydrogen-bond donors (Lipinski definition) is 2. The van der Waals surface area contributed by atoms with Gasteiger partial charge in [-0.05, 0) is 54.1 Å². The first-order valence-corrected chi connectivity index (χ1v) is 6.98. The van der Waals surface area contributed by atoms with Crippen LogP contribution in [0.4, 0.5) is 5.69 Å². The summed E-state index contributed by atoms with van der Waals surface area (Å²) in [6.07, 6.45) is 2.11. The molecule has 0 fully saturated rings. The van der Waals surface area contributed by atoms with Gasteiger partial charge in [-0.25, -0.2) is 0 Å². The molecule has 0 aliphatic carbocycles. The molecule has 0 aromatic heterocycles. The van der Waals surface area contributed by atoms with Crippen molar-refractivity contribution in [1.82, 2.24) is 5.32 Å². The highest BCUT2D eigenvalue weighted by atomic mass is 127. The van der Waals surface area contributed by atoms with Crippen molar-refractivity contribution in [3.63, 3.8) is 0 Å². The van der Waals surface area contributed by atoms with Gasteiger partial charge in [-0.1, -0.05) is 19.4 Å². The first-order chi connectivity index (χ1) is 8.11. The van der Waals surface area contributed by atoms with Crippen LogP contribution in [0.2, 0.25) is 0 Å². The topological polar surface area (TPSA) is 41.1 Å². The van der Waals surface area contributed by atoms with Gasteiger partial charge in [-0.3, -0.25) is 4.79 Å². The number of benzene rings is 1. The number of rotatable bonds is 6. The maximum Gasteiger partial charge on any atom is 0.239 e. The summed E-state index contributed by atoms with van der Waals surface area (Å²) in [6.45, 7) is 4.48. The van der Waals surface area contributed by atoms with E-state index in [0.717, 1.165) is 22.1 Å². The lowest BCUT2D eigenvalue weighted by molar-refractivity contribution is -0.120. The second-order valence-electron chi connectivity index (χ2n) is 4.12. The molecule has 0 heterocycles. The Kier molecular flexibility index (Phi) is 6.32. The van der Waals surface area contributed by atoms with E-state index in [4.69, 9.17) is 0 Å². The van der Waals surface area contributed by atoms with Gasteiger partial charge in [0.05, 0.1) is 6.54 Å². The molecule has 1 unspecified atom stereocenters. The SMILES string of the molecule is CCCC(C)NC(=O)CNc1cccc(I)c1. The van der Waals surface area contributed by atoms with E-state index in [2.05, 4.69) is 40.1 Å². The number of hydrogen-bond acceptors (Lipinski definition) is 2. The summed E-state index contributed by atoms with van der Waals surface area (Å²) in [5.74, 6) is 0.0461. The van der Waals surface area contributed by atoms with Gasteiger partial charge in [0.25, 0.3) is 0 Å². The second-order valence-corrected chi connectivity index (χ2v) is 5.37. The lowest BCUT2D eigenvalue weighted by Gasteiger charge is -2.13. The Morgan fingerprint density at radius 2 is 2.24 bits per heavy atom. The third-order valence-corrected chi connectivity index (χ3v) is 3.08. The molecule has 0 radical (unpaired) electrons. The highest BCUT2D eigenvalue weighted by Crippen LogP contribution is 2.11. The second kappa shape index (κ2) is 7.53. The summed E-state index contributed by atoms with van der Waals surface area (Å²) in [5, 5.41) is 6.08. The largest absolute Gasteiger partial charge is 0.376 e. The number of amides is 1. The maximum absolute atomic E-state index is 11.6. The minimum absolute atomic E-state index is 0.0461. The van der Waals surface area contributed by atoms with Crippen molar-refractivity contribution in [2.24, 2.45) is 0 Å². The van der Waals surface area contributed by atoms with Gasteiger partial charge in [-0.15, -0.1) is 0 Å². The van der Waals surface area contributed by atoms with Crippen LogP contribution in [0.15, 0.2) is 24.3 Å². The minimum Gasteiger partial charge on any atom is -0.376 e.